The lowest BCUT2D eigenvalue weighted by atomic mass is 9.83. The summed E-state index contributed by atoms with van der Waals surface area (Å²) in [6, 6.07) is 24.1. The summed E-state index contributed by atoms with van der Waals surface area (Å²) in [5.41, 5.74) is 28.8. The second kappa shape index (κ2) is 36.6. The molecule has 18 rings (SSSR count). The average Bonchev–Trinajstić information content (AvgIpc) is 1.75. The van der Waals surface area contributed by atoms with Crippen LogP contribution in [-0.4, -0.2) is 138 Å². The Kier molecular flexibility index (Phi) is 24.7. The van der Waals surface area contributed by atoms with Gasteiger partial charge in [0.05, 0.1) is 41.7 Å². The topological polar surface area (TPSA) is 457 Å². The monoisotopic (exact) mass is 1660 g/mol. The van der Waals surface area contributed by atoms with Crippen molar-refractivity contribution in [3.8, 4) is 17.1 Å². The van der Waals surface area contributed by atoms with Crippen LogP contribution in [0.15, 0.2) is 128 Å². The summed E-state index contributed by atoms with van der Waals surface area (Å²) in [4.78, 5) is 62.7. The van der Waals surface area contributed by atoms with E-state index >= 15 is 0 Å². The Bertz CT molecular complexity index is 5790. The van der Waals surface area contributed by atoms with Crippen molar-refractivity contribution in [3.05, 3.63) is 208 Å². The molecular weight excluding hydrogens is 1580 g/mol. The molecule has 0 bridgehead atoms. The van der Waals surface area contributed by atoms with E-state index in [1.807, 2.05) is 76.8 Å². The minimum absolute atomic E-state index is 0.0143. The van der Waals surface area contributed by atoms with Gasteiger partial charge in [-0.15, -0.1) is 5.10 Å². The van der Waals surface area contributed by atoms with E-state index in [9.17, 15) is 35.1 Å². The molecule has 1 saturated carbocycles. The summed E-state index contributed by atoms with van der Waals surface area (Å²) in [6.45, 7) is 8.19. The zero-order valence-corrected chi connectivity index (χ0v) is 65.4. The molecule has 4 aliphatic heterocycles. The lowest BCUT2D eigenvalue weighted by Crippen LogP contribution is -2.26. The molecule has 4 atom stereocenters. The maximum absolute atomic E-state index is 14.4. The first-order valence-electron chi connectivity index (χ1n) is 39.0. The van der Waals surface area contributed by atoms with E-state index in [0.29, 0.717) is 133 Å². The van der Waals surface area contributed by atoms with Crippen LogP contribution in [0.5, 0.6) is 5.88 Å². The molecule has 4 aromatic carbocycles. The van der Waals surface area contributed by atoms with Crippen LogP contribution in [0.2, 0.25) is 0 Å². The number of aromatic amines is 4. The summed E-state index contributed by atoms with van der Waals surface area (Å²) in [7, 11) is 0. The minimum Gasteiger partial charge on any atom is -0.474 e. The fourth-order valence-corrected chi connectivity index (χ4v) is 14.9. The molecule has 16 N–H and O–H groups in total. The molecule has 34 nitrogen and oxygen atoms in total. The molecule has 4 saturated heterocycles. The number of nitrogen functional groups attached to an aromatic ring is 4. The molecule has 4 unspecified atom stereocenters. The van der Waals surface area contributed by atoms with Gasteiger partial charge in [0.15, 0.2) is 17.5 Å². The van der Waals surface area contributed by atoms with Crippen molar-refractivity contribution < 1.29 is 39.9 Å². The maximum atomic E-state index is 14.4. The van der Waals surface area contributed by atoms with Gasteiger partial charge in [-0.3, -0.25) is 25.4 Å². The average molecular weight is 1660 g/mol. The van der Waals surface area contributed by atoms with Crippen LogP contribution in [0.25, 0.3) is 17.3 Å². The molecule has 0 amide bonds. The third-order valence-corrected chi connectivity index (χ3v) is 20.4. The van der Waals surface area contributed by atoms with Crippen LogP contribution in [-0.2, 0) is 0 Å². The number of nitrogens with two attached hydrogens (primary N) is 4. The number of benzene rings is 4. The van der Waals surface area contributed by atoms with Gasteiger partial charge >= 0.3 is 0 Å². The molecule has 0 radical (unpaired) electrons. The van der Waals surface area contributed by atoms with Crippen molar-refractivity contribution in [2.24, 2.45) is 0 Å². The number of aromatic nitrogens is 21. The van der Waals surface area contributed by atoms with Crippen molar-refractivity contribution in [2.45, 2.75) is 128 Å². The van der Waals surface area contributed by atoms with Gasteiger partial charge in [0.2, 0.25) is 77.3 Å². The smallest absolute Gasteiger partial charge is 0.235 e. The molecule has 0 spiro atoms. The van der Waals surface area contributed by atoms with Gasteiger partial charge in [-0.1, -0.05) is 36.8 Å². The molecular formula is C79H83F8N33O. The Morgan fingerprint density at radius 2 is 0.785 bits per heavy atom. The van der Waals surface area contributed by atoms with Gasteiger partial charge < -0.3 is 68.5 Å². The van der Waals surface area contributed by atoms with Crippen LogP contribution in [0.1, 0.15) is 155 Å². The first-order chi connectivity index (χ1) is 58.5. The summed E-state index contributed by atoms with van der Waals surface area (Å²) in [5, 5.41) is 40.4. The number of hydrogen-bond donors (Lipinski definition) is 12. The van der Waals surface area contributed by atoms with E-state index in [-0.39, 0.29) is 77.9 Å². The number of halogens is 8. The number of allylic oxidation sites excluding steroid dienone is 1. The van der Waals surface area contributed by atoms with E-state index in [4.69, 9.17) is 27.7 Å². The fraction of sp³-hybridized carbons (Fsp3) is 0.304. The molecule has 42 heteroatoms. The Morgan fingerprint density at radius 3 is 1.17 bits per heavy atom. The molecule has 1 aliphatic carbocycles. The molecule has 121 heavy (non-hydrogen) atoms. The molecule has 5 fully saturated rings. The molecule has 9 aromatic heterocycles. The summed E-state index contributed by atoms with van der Waals surface area (Å²) >= 11 is 0. The van der Waals surface area contributed by atoms with Crippen molar-refractivity contribution in [1.29, 1.82) is 0 Å². The number of pyridine rings is 1. The van der Waals surface area contributed by atoms with E-state index in [0.717, 1.165) is 72.6 Å². The predicted molar refractivity (Wildman–Crippen MR) is 437 cm³/mol. The first-order valence-corrected chi connectivity index (χ1v) is 39.0. The first kappa shape index (κ1) is 81.6. The molecule has 5 aliphatic rings. The van der Waals surface area contributed by atoms with E-state index in [1.165, 1.54) is 67.8 Å². The highest BCUT2D eigenvalue weighted by molar-refractivity contribution is 5.65. The number of nitrogens with zero attached hydrogens (tertiary/aromatic N) is 21. The van der Waals surface area contributed by atoms with Gasteiger partial charge in [-0.05, 0) is 127 Å². The maximum Gasteiger partial charge on any atom is 0.235 e. The number of nitrogens with one attached hydrogen (secondary N) is 8. The summed E-state index contributed by atoms with van der Waals surface area (Å²) in [6.07, 6.45) is 16.8. The zero-order chi connectivity index (χ0) is 84.4. The van der Waals surface area contributed by atoms with Crippen molar-refractivity contribution in [2.75, 3.05) is 90.0 Å². The third kappa shape index (κ3) is 19.9. The minimum atomic E-state index is -0.614. The molecule has 626 valence electrons. The summed E-state index contributed by atoms with van der Waals surface area (Å²) < 4.78 is 116. The Balaban J connectivity index is 0.000000126. The normalized spacial score (nSPS) is 17.0. The quantitative estimate of drug-likeness (QED) is 0.0297. The number of ether oxygens (including phenoxy) is 1. The highest BCUT2D eigenvalue weighted by atomic mass is 19.2. The number of hydrogen-bond acceptors (Lipinski definition) is 30. The summed E-state index contributed by atoms with van der Waals surface area (Å²) in [5.74, 6) is 0.692. The van der Waals surface area contributed by atoms with Crippen molar-refractivity contribution in [1.82, 2.24) is 106 Å². The van der Waals surface area contributed by atoms with E-state index in [1.54, 1.807) is 24.5 Å². The van der Waals surface area contributed by atoms with Gasteiger partial charge in [0.1, 0.15) is 52.4 Å². The highest BCUT2D eigenvalue weighted by Crippen LogP contribution is 2.42. The highest BCUT2D eigenvalue weighted by Gasteiger charge is 2.36. The number of anilines is 16. The fourth-order valence-electron chi connectivity index (χ4n) is 14.9. The second-order valence-corrected chi connectivity index (χ2v) is 29.1. The number of H-pyrrole nitrogens is 4. The van der Waals surface area contributed by atoms with Crippen LogP contribution in [0.4, 0.5) is 130 Å². The molecule has 13 aromatic rings. The lowest BCUT2D eigenvalue weighted by Gasteiger charge is -2.25. The largest absolute Gasteiger partial charge is 0.474 e. The van der Waals surface area contributed by atoms with E-state index < -0.39 is 46.5 Å². The van der Waals surface area contributed by atoms with E-state index in [2.05, 4.69) is 127 Å². The third-order valence-electron chi connectivity index (χ3n) is 20.4. The van der Waals surface area contributed by atoms with Crippen LogP contribution in [0, 0.1) is 46.5 Å². The SMILES string of the molecule is C/C=C/c1cc(Nc2nc(N)nc(N3CCCC3c3ccc(F)cc3F)n2)n[nH]1.CC(C)Oc1cc(Nc2nc(N)nc(N3CCCC3c3ccc(F)cc3F)n2)[nH]n1.Nc1nc(Nc2cc(-c3ccncc3)[nH]n2)nc(N2CCCC2c2ccc(F)cc2F)n1.Nc1nc(Nc2cc(C3CCC3)[nH]n2)nc(N2CCCC2c2ccc(F)cc2F)n1. The van der Waals surface area contributed by atoms with Crippen molar-refractivity contribution in [3.63, 3.8) is 0 Å². The predicted octanol–water partition coefficient (Wildman–Crippen LogP) is 14.3. The Labute approximate surface area is 685 Å². The van der Waals surface area contributed by atoms with Gasteiger partial charge in [-0.2, -0.15) is 75.1 Å². The van der Waals surface area contributed by atoms with Crippen molar-refractivity contribution >= 4 is 101 Å². The molecule has 13 heterocycles. The van der Waals surface area contributed by atoms with Gasteiger partial charge in [0, 0.05) is 127 Å². The Hall–Kier alpha value is -14.5. The second-order valence-electron chi connectivity index (χ2n) is 29.1. The van der Waals surface area contributed by atoms with Crippen LogP contribution in [0.3, 0.4) is 0 Å². The zero-order valence-electron chi connectivity index (χ0n) is 65.4. The number of rotatable bonds is 21. The van der Waals surface area contributed by atoms with Gasteiger partial charge in [-0.25, -0.2) is 35.1 Å². The standard InChI is InChI=1S/C21H19F2N9.C20H22F2N8.C19H22F2N8O.C19H20F2N8/c22-13-3-4-14(15(23)10-13)17-2-1-9-32(17)21-28-19(24)27-20(29-21)26-18-11-16(30-31-18)12-5-7-25-8-6-12;21-12-6-7-13(14(22)9-12)16-5-2-8-30(16)20-26-18(23)25-19(27-20)24-17-10-15(28-29-17)11-3-1-4-11;1-10(2)30-16-9-15(27-28-16)23-18-24-17(22)25-19(26-18)29-7-3-4-14(29)12-6-5-11(20)8-13(12)21;1-2-4-12-10-16(28-27-12)23-18-24-17(22)25-19(26-18)29-8-3-5-15(29)13-7-6-11(20)9-14(13)21/h3-8,10-11,17H,1-2,9H2,(H4,24,26,27,28,29,30,31);6-7,9-11,16H,1-5,8H2,(H4,23,24,25,26,27,28,29);5-6,8-10,14H,3-4,7H2,1-2H3,(H4,22,23,24,25,26,27,28);2,4,6-7,9-10,15H,3,5,8H2,1H3,(H4,22,23,24,25,26,27,28)/b;;;4-2+. The lowest BCUT2D eigenvalue weighted by molar-refractivity contribution is 0.232. The van der Waals surface area contributed by atoms with Crippen LogP contribution >= 0.6 is 0 Å². The van der Waals surface area contributed by atoms with Crippen LogP contribution < -0.4 is 68.5 Å². The van der Waals surface area contributed by atoms with Gasteiger partial charge in [0.25, 0.3) is 0 Å². The Morgan fingerprint density at radius 1 is 0.405 bits per heavy atom.